The van der Waals surface area contributed by atoms with Crippen LogP contribution in [0.25, 0.3) is 0 Å². The van der Waals surface area contributed by atoms with Crippen molar-refractivity contribution in [2.24, 2.45) is 0 Å². The molecule has 2 aromatic carbocycles. The van der Waals surface area contributed by atoms with Gasteiger partial charge in [-0.3, -0.25) is 0 Å². The first-order valence-corrected chi connectivity index (χ1v) is 6.93. The quantitative estimate of drug-likeness (QED) is 0.706. The molecule has 0 fully saturated rings. The van der Waals surface area contributed by atoms with E-state index in [1.807, 2.05) is 0 Å². The molecule has 1 unspecified atom stereocenters. The molecule has 1 atom stereocenters. The van der Waals surface area contributed by atoms with Gasteiger partial charge in [0, 0.05) is 6.04 Å². The highest BCUT2D eigenvalue weighted by atomic mass is 35.5. The molecule has 0 aliphatic carbocycles. The van der Waals surface area contributed by atoms with E-state index in [9.17, 15) is 13.2 Å². The number of rotatable bonds is 3. The van der Waals surface area contributed by atoms with Crippen molar-refractivity contribution in [1.82, 2.24) is 0 Å². The zero-order chi connectivity index (χ0) is 15.6. The van der Waals surface area contributed by atoms with Gasteiger partial charge >= 0.3 is 6.18 Å². The molecular formula is C15H12Cl2F3N. The average molecular weight is 334 g/mol. The third-order valence-corrected chi connectivity index (χ3v) is 3.69. The maximum atomic E-state index is 13.0. The molecule has 112 valence electrons. The van der Waals surface area contributed by atoms with Crippen molar-refractivity contribution in [2.75, 3.05) is 5.32 Å². The summed E-state index contributed by atoms with van der Waals surface area (Å²) in [4.78, 5) is 0. The van der Waals surface area contributed by atoms with Crippen LogP contribution in [0.5, 0.6) is 0 Å². The smallest absolute Gasteiger partial charge is 0.376 e. The Kier molecular flexibility index (Phi) is 4.69. The molecule has 0 saturated heterocycles. The van der Waals surface area contributed by atoms with E-state index in [1.165, 1.54) is 12.1 Å². The molecule has 0 aliphatic heterocycles. The third kappa shape index (κ3) is 3.63. The van der Waals surface area contributed by atoms with Crippen LogP contribution < -0.4 is 5.32 Å². The van der Waals surface area contributed by atoms with Crippen LogP contribution in [-0.2, 0) is 6.18 Å². The zero-order valence-corrected chi connectivity index (χ0v) is 12.5. The monoisotopic (exact) mass is 333 g/mol. The second-order valence-corrected chi connectivity index (χ2v) is 5.36. The van der Waals surface area contributed by atoms with E-state index in [0.29, 0.717) is 15.7 Å². The highest BCUT2D eigenvalue weighted by molar-refractivity contribution is 6.39. The van der Waals surface area contributed by atoms with Crippen LogP contribution in [0.1, 0.15) is 24.1 Å². The summed E-state index contributed by atoms with van der Waals surface area (Å²) in [6.07, 6.45) is -4.41. The highest BCUT2D eigenvalue weighted by Crippen LogP contribution is 2.37. The molecule has 0 heterocycles. The molecule has 1 N–H and O–H groups in total. The van der Waals surface area contributed by atoms with Gasteiger partial charge < -0.3 is 5.32 Å². The van der Waals surface area contributed by atoms with Crippen LogP contribution in [0.4, 0.5) is 18.9 Å². The van der Waals surface area contributed by atoms with Gasteiger partial charge in [-0.25, -0.2) is 0 Å². The first-order valence-electron chi connectivity index (χ1n) is 6.17. The van der Waals surface area contributed by atoms with Crippen LogP contribution in [0.15, 0.2) is 42.5 Å². The van der Waals surface area contributed by atoms with Gasteiger partial charge in [-0.1, -0.05) is 47.5 Å². The molecular weight excluding hydrogens is 322 g/mol. The molecule has 0 amide bonds. The van der Waals surface area contributed by atoms with E-state index in [-0.39, 0.29) is 5.56 Å². The molecule has 0 saturated carbocycles. The average Bonchev–Trinajstić information content (AvgIpc) is 2.42. The van der Waals surface area contributed by atoms with Crippen LogP contribution in [0.2, 0.25) is 10.0 Å². The Balaban J connectivity index is 2.36. The molecule has 0 radical (unpaired) electrons. The molecule has 0 aliphatic rings. The number of hydrogen-bond donors (Lipinski definition) is 1. The Hall–Kier alpha value is -1.39. The van der Waals surface area contributed by atoms with Crippen molar-refractivity contribution in [3.63, 3.8) is 0 Å². The van der Waals surface area contributed by atoms with Crippen LogP contribution >= 0.6 is 23.2 Å². The van der Waals surface area contributed by atoms with Gasteiger partial charge in [0.25, 0.3) is 0 Å². The first-order chi connectivity index (χ1) is 9.80. The SMILES string of the molecule is CC(Nc1c(Cl)cccc1Cl)c1ccccc1C(F)(F)F. The topological polar surface area (TPSA) is 12.0 Å². The predicted molar refractivity (Wildman–Crippen MR) is 79.9 cm³/mol. The summed E-state index contributed by atoms with van der Waals surface area (Å²) in [6.45, 7) is 1.63. The number of halogens is 5. The molecule has 6 heteroatoms. The Morgan fingerprint density at radius 2 is 1.52 bits per heavy atom. The summed E-state index contributed by atoms with van der Waals surface area (Å²) >= 11 is 12.0. The molecule has 2 rings (SSSR count). The molecule has 1 nitrogen and oxygen atoms in total. The van der Waals surface area contributed by atoms with E-state index in [2.05, 4.69) is 5.32 Å². The minimum Gasteiger partial charge on any atom is -0.376 e. The second kappa shape index (κ2) is 6.16. The van der Waals surface area contributed by atoms with Crippen molar-refractivity contribution < 1.29 is 13.2 Å². The fraction of sp³-hybridized carbons (Fsp3) is 0.200. The van der Waals surface area contributed by atoms with Gasteiger partial charge in [0.15, 0.2) is 0 Å². The number of hydrogen-bond acceptors (Lipinski definition) is 1. The van der Waals surface area contributed by atoms with E-state index >= 15 is 0 Å². The number of anilines is 1. The molecule has 0 bridgehead atoms. The Morgan fingerprint density at radius 1 is 0.952 bits per heavy atom. The van der Waals surface area contributed by atoms with Crippen molar-refractivity contribution in [1.29, 1.82) is 0 Å². The van der Waals surface area contributed by atoms with Gasteiger partial charge in [0.2, 0.25) is 0 Å². The van der Waals surface area contributed by atoms with Gasteiger partial charge in [0.1, 0.15) is 0 Å². The fourth-order valence-electron chi connectivity index (χ4n) is 2.06. The first kappa shape index (κ1) is 16.0. The summed E-state index contributed by atoms with van der Waals surface area (Å²) in [5.41, 5.74) is -0.112. The van der Waals surface area contributed by atoms with Crippen LogP contribution in [0, 0.1) is 0 Å². The van der Waals surface area contributed by atoms with E-state index < -0.39 is 17.8 Å². The number of nitrogens with one attached hydrogen (secondary N) is 1. The Bertz CT molecular complexity index is 621. The Labute approximate surface area is 130 Å². The predicted octanol–water partition coefficient (Wildman–Crippen LogP) is 6.19. The summed E-state index contributed by atoms with van der Waals surface area (Å²) in [5, 5.41) is 3.66. The molecule has 0 aromatic heterocycles. The van der Waals surface area contributed by atoms with Crippen LogP contribution in [-0.4, -0.2) is 0 Å². The number of alkyl halides is 3. The summed E-state index contributed by atoms with van der Waals surface area (Å²) in [5.74, 6) is 0. The molecule has 2 aromatic rings. The summed E-state index contributed by atoms with van der Waals surface area (Å²) in [7, 11) is 0. The van der Waals surface area contributed by atoms with Gasteiger partial charge in [-0.05, 0) is 30.7 Å². The van der Waals surface area contributed by atoms with Gasteiger partial charge in [0.05, 0.1) is 21.3 Å². The lowest BCUT2D eigenvalue weighted by Gasteiger charge is -2.21. The van der Waals surface area contributed by atoms with Gasteiger partial charge in [-0.2, -0.15) is 13.2 Å². The van der Waals surface area contributed by atoms with E-state index in [1.54, 1.807) is 31.2 Å². The lowest BCUT2D eigenvalue weighted by atomic mass is 10.0. The number of benzene rings is 2. The zero-order valence-electron chi connectivity index (χ0n) is 11.0. The van der Waals surface area contributed by atoms with Gasteiger partial charge in [-0.15, -0.1) is 0 Å². The van der Waals surface area contributed by atoms with Crippen molar-refractivity contribution in [2.45, 2.75) is 19.1 Å². The minimum atomic E-state index is -4.41. The maximum absolute atomic E-state index is 13.0. The largest absolute Gasteiger partial charge is 0.416 e. The minimum absolute atomic E-state index is 0.140. The van der Waals surface area contributed by atoms with Crippen molar-refractivity contribution in [3.8, 4) is 0 Å². The normalized spacial score (nSPS) is 13.0. The maximum Gasteiger partial charge on any atom is 0.416 e. The molecule has 21 heavy (non-hydrogen) atoms. The third-order valence-electron chi connectivity index (χ3n) is 3.06. The Morgan fingerprint density at radius 3 is 2.10 bits per heavy atom. The lowest BCUT2D eigenvalue weighted by Crippen LogP contribution is -2.15. The van der Waals surface area contributed by atoms with Crippen molar-refractivity contribution >= 4 is 28.9 Å². The van der Waals surface area contributed by atoms with Crippen LogP contribution in [0.3, 0.4) is 0 Å². The number of para-hydroxylation sites is 1. The van der Waals surface area contributed by atoms with Crippen molar-refractivity contribution in [3.05, 3.63) is 63.6 Å². The summed E-state index contributed by atoms with van der Waals surface area (Å²) < 4.78 is 39.1. The fourth-order valence-corrected chi connectivity index (χ4v) is 2.57. The second-order valence-electron chi connectivity index (χ2n) is 4.55. The lowest BCUT2D eigenvalue weighted by molar-refractivity contribution is -0.138. The molecule has 0 spiro atoms. The summed E-state index contributed by atoms with van der Waals surface area (Å²) in [6, 6.07) is 9.74. The highest BCUT2D eigenvalue weighted by Gasteiger charge is 2.34. The van der Waals surface area contributed by atoms with E-state index in [0.717, 1.165) is 6.07 Å². The standard InChI is InChI=1S/C15H12Cl2F3N/c1-9(21-14-12(16)7-4-8-13(14)17)10-5-2-3-6-11(10)15(18,19)20/h2-9,21H,1H3. The van der Waals surface area contributed by atoms with E-state index in [4.69, 9.17) is 23.2 Å².